The molecule has 92 valence electrons. The van der Waals surface area contributed by atoms with Gasteiger partial charge in [0.05, 0.1) is 6.61 Å². The maximum absolute atomic E-state index is 9.34. The fourth-order valence-electron chi connectivity index (χ4n) is 2.96. The molecule has 2 aliphatic rings. The average molecular weight is 249 g/mol. The van der Waals surface area contributed by atoms with Crippen molar-refractivity contribution in [2.75, 3.05) is 19.7 Å². The van der Waals surface area contributed by atoms with Crippen molar-refractivity contribution in [3.05, 3.63) is 29.8 Å². The van der Waals surface area contributed by atoms with E-state index in [4.69, 9.17) is 0 Å². The summed E-state index contributed by atoms with van der Waals surface area (Å²) in [5.74, 6) is 0. The van der Waals surface area contributed by atoms with E-state index in [2.05, 4.69) is 29.2 Å². The summed E-state index contributed by atoms with van der Waals surface area (Å²) in [6.45, 7) is 2.62. The minimum atomic E-state index is 0.324. The van der Waals surface area contributed by atoms with Crippen molar-refractivity contribution in [3.8, 4) is 0 Å². The average Bonchev–Trinajstić information content (AvgIpc) is 2.94. The fraction of sp³-hybridized carbons (Fsp3) is 0.571. The minimum Gasteiger partial charge on any atom is -0.395 e. The standard InChI is InChI=1S/C14H19NOS/c16-10-12-5-3-7-15(12)9-13-8-11-4-1-2-6-14(11)17-13/h1-2,4,6,12-13,16H,3,5,7-10H2/t12-,13?/m1/s1. The second kappa shape index (κ2) is 5.01. The molecule has 3 rings (SSSR count). The topological polar surface area (TPSA) is 23.5 Å². The van der Waals surface area contributed by atoms with Crippen LogP contribution in [0.5, 0.6) is 0 Å². The maximum Gasteiger partial charge on any atom is 0.0586 e. The summed E-state index contributed by atoms with van der Waals surface area (Å²) in [6.07, 6.45) is 3.60. The lowest BCUT2D eigenvalue weighted by molar-refractivity contribution is 0.159. The smallest absolute Gasteiger partial charge is 0.0586 e. The van der Waals surface area contributed by atoms with E-state index in [0.717, 1.165) is 6.54 Å². The third-order valence-electron chi connectivity index (χ3n) is 3.86. The van der Waals surface area contributed by atoms with E-state index in [1.54, 1.807) is 0 Å². The molecule has 2 nitrogen and oxygen atoms in total. The van der Waals surface area contributed by atoms with Gasteiger partial charge in [-0.05, 0) is 37.4 Å². The number of benzene rings is 1. The van der Waals surface area contributed by atoms with Gasteiger partial charge in [0, 0.05) is 22.7 Å². The lowest BCUT2D eigenvalue weighted by Gasteiger charge is -2.25. The van der Waals surface area contributed by atoms with Crippen LogP contribution in [0.4, 0.5) is 0 Å². The molecular weight excluding hydrogens is 230 g/mol. The zero-order valence-electron chi connectivity index (χ0n) is 10.0. The zero-order chi connectivity index (χ0) is 11.7. The van der Waals surface area contributed by atoms with Crippen LogP contribution in [0.1, 0.15) is 18.4 Å². The zero-order valence-corrected chi connectivity index (χ0v) is 10.8. The first-order valence-corrected chi connectivity index (χ1v) is 7.34. The number of hydrogen-bond acceptors (Lipinski definition) is 3. The second-order valence-corrected chi connectivity index (χ2v) is 6.37. The van der Waals surface area contributed by atoms with Crippen molar-refractivity contribution >= 4 is 11.8 Å². The van der Waals surface area contributed by atoms with E-state index in [1.165, 1.54) is 36.3 Å². The molecule has 1 fully saturated rings. The Morgan fingerprint density at radius 1 is 1.35 bits per heavy atom. The van der Waals surface area contributed by atoms with Crippen molar-refractivity contribution in [2.24, 2.45) is 0 Å². The van der Waals surface area contributed by atoms with Gasteiger partial charge in [0.1, 0.15) is 0 Å². The van der Waals surface area contributed by atoms with Gasteiger partial charge in [-0.15, -0.1) is 11.8 Å². The summed E-state index contributed by atoms with van der Waals surface area (Å²) in [4.78, 5) is 3.93. The second-order valence-electron chi connectivity index (χ2n) is 5.03. The van der Waals surface area contributed by atoms with Crippen molar-refractivity contribution in [2.45, 2.75) is 35.4 Å². The highest BCUT2D eigenvalue weighted by Gasteiger charge is 2.29. The maximum atomic E-state index is 9.34. The van der Waals surface area contributed by atoms with Gasteiger partial charge >= 0.3 is 0 Å². The number of aliphatic hydroxyl groups is 1. The molecule has 2 atom stereocenters. The molecular formula is C14H19NOS. The normalized spacial score (nSPS) is 28.5. The SMILES string of the molecule is OC[C@H]1CCCN1CC1Cc2ccccc2S1. The van der Waals surface area contributed by atoms with Crippen molar-refractivity contribution in [3.63, 3.8) is 0 Å². The molecule has 0 bridgehead atoms. The Morgan fingerprint density at radius 2 is 2.24 bits per heavy atom. The highest BCUT2D eigenvalue weighted by molar-refractivity contribution is 8.00. The van der Waals surface area contributed by atoms with E-state index >= 15 is 0 Å². The highest BCUT2D eigenvalue weighted by atomic mass is 32.2. The molecule has 1 aromatic carbocycles. The molecule has 0 radical (unpaired) electrons. The highest BCUT2D eigenvalue weighted by Crippen LogP contribution is 2.37. The van der Waals surface area contributed by atoms with Crippen molar-refractivity contribution < 1.29 is 5.11 Å². The molecule has 0 amide bonds. The Labute approximate surface area is 107 Å². The minimum absolute atomic E-state index is 0.324. The molecule has 0 aliphatic carbocycles. The quantitative estimate of drug-likeness (QED) is 0.888. The summed E-state index contributed by atoms with van der Waals surface area (Å²) >= 11 is 2.01. The van der Waals surface area contributed by atoms with Crippen LogP contribution in [0.15, 0.2) is 29.2 Å². The third-order valence-corrected chi connectivity index (χ3v) is 5.16. The monoisotopic (exact) mass is 249 g/mol. The summed E-state index contributed by atoms with van der Waals surface area (Å²) in [5, 5.41) is 10.0. The van der Waals surface area contributed by atoms with Crippen LogP contribution >= 0.6 is 11.8 Å². The first-order chi connectivity index (χ1) is 8.36. The molecule has 17 heavy (non-hydrogen) atoms. The molecule has 2 aliphatic heterocycles. The van der Waals surface area contributed by atoms with Gasteiger partial charge < -0.3 is 5.11 Å². The molecule has 0 aromatic heterocycles. The van der Waals surface area contributed by atoms with Crippen LogP contribution in [0.2, 0.25) is 0 Å². The lowest BCUT2D eigenvalue weighted by Crippen LogP contribution is -2.37. The van der Waals surface area contributed by atoms with E-state index in [0.29, 0.717) is 17.9 Å². The number of fused-ring (bicyclic) bond motifs is 1. The van der Waals surface area contributed by atoms with Crippen LogP contribution in [0, 0.1) is 0 Å². The summed E-state index contributed by atoms with van der Waals surface area (Å²) in [5.41, 5.74) is 1.50. The number of likely N-dealkylation sites (tertiary alicyclic amines) is 1. The first kappa shape index (κ1) is 11.6. The van der Waals surface area contributed by atoms with Crippen molar-refractivity contribution in [1.82, 2.24) is 4.90 Å². The predicted octanol–water partition coefficient (Wildman–Crippen LogP) is 2.16. The van der Waals surface area contributed by atoms with Gasteiger partial charge in [-0.3, -0.25) is 4.90 Å². The van der Waals surface area contributed by atoms with E-state index in [-0.39, 0.29) is 0 Å². The number of rotatable bonds is 3. The van der Waals surface area contributed by atoms with Gasteiger partial charge in [-0.25, -0.2) is 0 Å². The Morgan fingerprint density at radius 3 is 3.06 bits per heavy atom. The molecule has 2 heterocycles. The van der Waals surface area contributed by atoms with Crippen molar-refractivity contribution in [1.29, 1.82) is 0 Å². The Hall–Kier alpha value is -0.510. The Kier molecular flexibility index (Phi) is 3.41. The van der Waals surface area contributed by atoms with Gasteiger partial charge in [0.2, 0.25) is 0 Å². The largest absolute Gasteiger partial charge is 0.395 e. The molecule has 0 saturated carbocycles. The molecule has 1 saturated heterocycles. The van der Waals surface area contributed by atoms with Crippen LogP contribution in [0.25, 0.3) is 0 Å². The van der Waals surface area contributed by atoms with E-state index in [1.807, 2.05) is 11.8 Å². The van der Waals surface area contributed by atoms with Gasteiger partial charge in [0.25, 0.3) is 0 Å². The Balaban J connectivity index is 1.62. The van der Waals surface area contributed by atoms with E-state index in [9.17, 15) is 5.11 Å². The molecule has 1 unspecified atom stereocenters. The van der Waals surface area contributed by atoms with Crippen LogP contribution in [-0.4, -0.2) is 41.0 Å². The fourth-order valence-corrected chi connectivity index (χ4v) is 4.31. The third kappa shape index (κ3) is 2.37. The van der Waals surface area contributed by atoms with Gasteiger partial charge in [-0.1, -0.05) is 18.2 Å². The molecule has 1 aromatic rings. The predicted molar refractivity (Wildman–Crippen MR) is 71.5 cm³/mol. The van der Waals surface area contributed by atoms with E-state index < -0.39 is 0 Å². The van der Waals surface area contributed by atoms with Gasteiger partial charge in [-0.2, -0.15) is 0 Å². The summed E-state index contributed by atoms with van der Waals surface area (Å²) in [6, 6.07) is 9.15. The first-order valence-electron chi connectivity index (χ1n) is 6.46. The Bertz CT molecular complexity index is 371. The van der Waals surface area contributed by atoms with Crippen LogP contribution in [-0.2, 0) is 6.42 Å². The molecule has 3 heteroatoms. The van der Waals surface area contributed by atoms with Crippen LogP contribution in [0.3, 0.4) is 0 Å². The number of hydrogen-bond donors (Lipinski definition) is 1. The number of nitrogens with zero attached hydrogens (tertiary/aromatic N) is 1. The summed E-state index contributed by atoms with van der Waals surface area (Å²) < 4.78 is 0. The molecule has 0 spiro atoms. The molecule has 1 N–H and O–H groups in total. The lowest BCUT2D eigenvalue weighted by atomic mass is 10.1. The summed E-state index contributed by atoms with van der Waals surface area (Å²) in [7, 11) is 0. The number of thioether (sulfide) groups is 1. The van der Waals surface area contributed by atoms with Gasteiger partial charge in [0.15, 0.2) is 0 Å². The van der Waals surface area contributed by atoms with Crippen LogP contribution < -0.4 is 0 Å². The number of aliphatic hydroxyl groups excluding tert-OH is 1.